The first-order valence-electron chi connectivity index (χ1n) is 12.4. The van der Waals surface area contributed by atoms with Crippen LogP contribution in [-0.2, 0) is 16.0 Å². The third kappa shape index (κ3) is 8.52. The molecule has 10 nitrogen and oxygen atoms in total. The van der Waals surface area contributed by atoms with Gasteiger partial charge >= 0.3 is 12.1 Å². The van der Waals surface area contributed by atoms with Crippen molar-refractivity contribution in [2.75, 3.05) is 38.1 Å². The van der Waals surface area contributed by atoms with Crippen molar-refractivity contribution in [3.8, 4) is 0 Å². The fraction of sp³-hybridized carbons (Fsp3) is 0.407. The molecule has 2 aromatic carbocycles. The van der Waals surface area contributed by atoms with Gasteiger partial charge in [-0.2, -0.15) is 0 Å². The standard InChI is InChI=1S/C27H35N5O5/c1-19(2)18-37-27(36)32-15-13-31(14-16-32)25(34)21-9-6-10-22(17-21)29-26(35)30-23(24(28)33)12-11-20-7-4-3-5-8-20/h3-10,17,19,23H,11-16,18H2,1-2H3,(H2,28,33)(H2,29,30,35)/t23-/m1/s1. The zero-order chi connectivity index (χ0) is 26.8. The SMILES string of the molecule is CC(C)COC(=O)N1CCN(C(=O)c2cccc(NC(=O)N[C@H](CCc3ccccc3)C(N)=O)c2)CC1. The van der Waals surface area contributed by atoms with E-state index >= 15 is 0 Å². The molecule has 1 fully saturated rings. The van der Waals surface area contributed by atoms with Crippen molar-refractivity contribution in [3.05, 3.63) is 65.7 Å². The Morgan fingerprint density at radius 2 is 1.62 bits per heavy atom. The van der Waals surface area contributed by atoms with Gasteiger partial charge in [-0.1, -0.05) is 50.2 Å². The van der Waals surface area contributed by atoms with Gasteiger partial charge in [0.1, 0.15) is 6.04 Å². The number of piperazine rings is 1. The minimum atomic E-state index is -0.839. The monoisotopic (exact) mass is 509 g/mol. The van der Waals surface area contributed by atoms with E-state index in [9.17, 15) is 19.2 Å². The first kappa shape index (κ1) is 27.5. The van der Waals surface area contributed by atoms with E-state index in [0.717, 1.165) is 5.56 Å². The average Bonchev–Trinajstić information content (AvgIpc) is 2.89. The number of aryl methyl sites for hydroxylation is 1. The Labute approximate surface area is 217 Å². The maximum atomic E-state index is 13.0. The predicted molar refractivity (Wildman–Crippen MR) is 140 cm³/mol. The fourth-order valence-electron chi connectivity index (χ4n) is 3.90. The van der Waals surface area contributed by atoms with Gasteiger partial charge in [0.15, 0.2) is 0 Å². The van der Waals surface area contributed by atoms with Crippen molar-refractivity contribution in [3.63, 3.8) is 0 Å². The molecule has 1 heterocycles. The normalized spacial score (nSPS) is 14.1. The molecular formula is C27H35N5O5. The first-order chi connectivity index (χ1) is 17.7. The van der Waals surface area contributed by atoms with Crippen LogP contribution in [0.1, 0.15) is 36.2 Å². The van der Waals surface area contributed by atoms with Gasteiger partial charge in [-0.05, 0) is 42.5 Å². The Balaban J connectivity index is 1.52. The van der Waals surface area contributed by atoms with E-state index in [1.54, 1.807) is 34.1 Å². The van der Waals surface area contributed by atoms with E-state index in [2.05, 4.69) is 10.6 Å². The maximum absolute atomic E-state index is 13.0. The number of carbonyl (C=O) groups is 4. The molecule has 37 heavy (non-hydrogen) atoms. The summed E-state index contributed by atoms with van der Waals surface area (Å²) in [4.78, 5) is 52.8. The summed E-state index contributed by atoms with van der Waals surface area (Å²) in [7, 11) is 0. The number of ether oxygens (including phenoxy) is 1. The Morgan fingerprint density at radius 3 is 2.27 bits per heavy atom. The molecule has 0 spiro atoms. The molecule has 5 amide bonds. The highest BCUT2D eigenvalue weighted by Gasteiger charge is 2.26. The van der Waals surface area contributed by atoms with Crippen LogP contribution in [0.3, 0.4) is 0 Å². The lowest BCUT2D eigenvalue weighted by atomic mass is 10.1. The van der Waals surface area contributed by atoms with E-state index in [-0.39, 0.29) is 17.9 Å². The van der Waals surface area contributed by atoms with Gasteiger partial charge in [0.25, 0.3) is 5.91 Å². The fourth-order valence-corrected chi connectivity index (χ4v) is 3.90. The summed E-state index contributed by atoms with van der Waals surface area (Å²) in [5, 5.41) is 5.28. The number of primary amides is 1. The Hall–Kier alpha value is -4.08. The van der Waals surface area contributed by atoms with Crippen LogP contribution in [0.5, 0.6) is 0 Å². The second kappa shape index (κ2) is 13.3. The van der Waals surface area contributed by atoms with Crippen molar-refractivity contribution in [1.82, 2.24) is 15.1 Å². The van der Waals surface area contributed by atoms with Crippen LogP contribution < -0.4 is 16.4 Å². The number of carbonyl (C=O) groups excluding carboxylic acids is 4. The highest BCUT2D eigenvalue weighted by atomic mass is 16.6. The van der Waals surface area contributed by atoms with Gasteiger partial charge < -0.3 is 30.9 Å². The molecular weight excluding hydrogens is 474 g/mol. The lowest BCUT2D eigenvalue weighted by Crippen LogP contribution is -2.50. The molecule has 0 unspecified atom stereocenters. The molecule has 1 aliphatic rings. The van der Waals surface area contributed by atoms with Crippen molar-refractivity contribution in [2.24, 2.45) is 11.7 Å². The molecule has 3 rings (SSSR count). The van der Waals surface area contributed by atoms with E-state index in [1.165, 1.54) is 0 Å². The number of nitrogens with one attached hydrogen (secondary N) is 2. The van der Waals surface area contributed by atoms with Gasteiger partial charge in [-0.25, -0.2) is 9.59 Å². The predicted octanol–water partition coefficient (Wildman–Crippen LogP) is 2.85. The van der Waals surface area contributed by atoms with Crippen LogP contribution in [0, 0.1) is 5.92 Å². The molecule has 1 aliphatic heterocycles. The zero-order valence-corrected chi connectivity index (χ0v) is 21.3. The molecule has 10 heteroatoms. The first-order valence-corrected chi connectivity index (χ1v) is 12.4. The van der Waals surface area contributed by atoms with Crippen LogP contribution in [0.4, 0.5) is 15.3 Å². The molecule has 0 aromatic heterocycles. The lowest BCUT2D eigenvalue weighted by Gasteiger charge is -2.34. The topological polar surface area (TPSA) is 134 Å². The largest absolute Gasteiger partial charge is 0.449 e. The maximum Gasteiger partial charge on any atom is 0.409 e. The number of benzene rings is 2. The van der Waals surface area contributed by atoms with E-state index in [1.807, 2.05) is 44.2 Å². The van der Waals surface area contributed by atoms with Crippen LogP contribution in [-0.4, -0.2) is 72.6 Å². The van der Waals surface area contributed by atoms with Crippen LogP contribution in [0.15, 0.2) is 54.6 Å². The summed E-state index contributed by atoms with van der Waals surface area (Å²) in [5.74, 6) is -0.565. The molecule has 2 aromatic rings. The van der Waals surface area contributed by atoms with Gasteiger partial charge in [0, 0.05) is 37.4 Å². The minimum Gasteiger partial charge on any atom is -0.449 e. The number of nitrogens with two attached hydrogens (primary N) is 1. The van der Waals surface area contributed by atoms with Gasteiger partial charge in [0.05, 0.1) is 6.61 Å². The quantitative estimate of drug-likeness (QED) is 0.478. The minimum absolute atomic E-state index is 0.197. The van der Waals surface area contributed by atoms with Crippen LogP contribution >= 0.6 is 0 Å². The molecule has 1 atom stereocenters. The Bertz CT molecular complexity index is 1080. The summed E-state index contributed by atoms with van der Waals surface area (Å²) < 4.78 is 5.26. The average molecular weight is 510 g/mol. The third-order valence-corrected chi connectivity index (χ3v) is 5.95. The smallest absolute Gasteiger partial charge is 0.409 e. The number of amides is 5. The van der Waals surface area contributed by atoms with E-state index < -0.39 is 18.0 Å². The van der Waals surface area contributed by atoms with Gasteiger partial charge in [-0.3, -0.25) is 9.59 Å². The number of nitrogens with zero attached hydrogens (tertiary/aromatic N) is 2. The number of hydrogen-bond donors (Lipinski definition) is 3. The second-order valence-electron chi connectivity index (χ2n) is 9.41. The van der Waals surface area contributed by atoms with Crippen molar-refractivity contribution in [1.29, 1.82) is 0 Å². The van der Waals surface area contributed by atoms with E-state index in [0.29, 0.717) is 56.9 Å². The second-order valence-corrected chi connectivity index (χ2v) is 9.41. The number of urea groups is 1. The Kier molecular flexibility index (Phi) is 9.88. The highest BCUT2D eigenvalue weighted by molar-refractivity contribution is 5.97. The summed E-state index contributed by atoms with van der Waals surface area (Å²) in [6.45, 7) is 5.85. The molecule has 0 saturated carbocycles. The highest BCUT2D eigenvalue weighted by Crippen LogP contribution is 2.15. The number of anilines is 1. The summed E-state index contributed by atoms with van der Waals surface area (Å²) in [6.07, 6.45) is 0.583. The van der Waals surface area contributed by atoms with Crippen molar-refractivity contribution in [2.45, 2.75) is 32.7 Å². The molecule has 0 aliphatic carbocycles. The van der Waals surface area contributed by atoms with Crippen molar-refractivity contribution < 1.29 is 23.9 Å². The van der Waals surface area contributed by atoms with Gasteiger partial charge in [0.2, 0.25) is 5.91 Å². The molecule has 0 radical (unpaired) electrons. The molecule has 1 saturated heterocycles. The zero-order valence-electron chi connectivity index (χ0n) is 21.3. The number of rotatable bonds is 9. The number of hydrogen-bond acceptors (Lipinski definition) is 5. The molecule has 0 bridgehead atoms. The molecule has 4 N–H and O–H groups in total. The van der Waals surface area contributed by atoms with Gasteiger partial charge in [-0.15, -0.1) is 0 Å². The molecule has 198 valence electrons. The Morgan fingerprint density at radius 1 is 0.946 bits per heavy atom. The van der Waals surface area contributed by atoms with E-state index in [4.69, 9.17) is 10.5 Å². The summed E-state index contributed by atoms with van der Waals surface area (Å²) >= 11 is 0. The van der Waals surface area contributed by atoms with Crippen molar-refractivity contribution >= 4 is 29.6 Å². The summed E-state index contributed by atoms with van der Waals surface area (Å²) in [5.41, 5.74) is 7.34. The van der Waals surface area contributed by atoms with Crippen LogP contribution in [0.25, 0.3) is 0 Å². The summed E-state index contributed by atoms with van der Waals surface area (Å²) in [6, 6.07) is 14.8. The third-order valence-electron chi connectivity index (χ3n) is 5.95. The lowest BCUT2D eigenvalue weighted by molar-refractivity contribution is -0.119. The van der Waals surface area contributed by atoms with Crippen LogP contribution in [0.2, 0.25) is 0 Å².